The van der Waals surface area contributed by atoms with Gasteiger partial charge < -0.3 is 15.0 Å². The molecule has 3 heterocycles. The average molecular weight is 203 g/mol. The molecular weight excluding hydrogens is 190 g/mol. The topological polar surface area (TPSA) is 49.9 Å². The summed E-state index contributed by atoms with van der Waals surface area (Å²) in [5.74, 6) is 0. The number of ether oxygens (including phenoxy) is 1. The molecule has 1 fully saturated rings. The zero-order valence-corrected chi connectivity index (χ0v) is 8.36. The van der Waals surface area contributed by atoms with Gasteiger partial charge in [0.15, 0.2) is 0 Å². The Hall–Kier alpha value is -1.39. The molecule has 0 amide bonds. The van der Waals surface area contributed by atoms with Crippen LogP contribution < -0.4 is 5.32 Å². The Bertz CT molecular complexity index is 460. The fourth-order valence-electron chi connectivity index (χ4n) is 1.92. The molecular formula is C11H13N3O. The Labute approximate surface area is 87.7 Å². The van der Waals surface area contributed by atoms with Crippen molar-refractivity contribution in [1.29, 1.82) is 0 Å². The van der Waals surface area contributed by atoms with Gasteiger partial charge in [0.25, 0.3) is 0 Å². The maximum absolute atomic E-state index is 5.43. The first kappa shape index (κ1) is 8.88. The van der Waals surface area contributed by atoms with Crippen LogP contribution in [0.3, 0.4) is 0 Å². The summed E-state index contributed by atoms with van der Waals surface area (Å²) in [6.45, 7) is 2.44. The molecule has 0 aliphatic carbocycles. The largest absolute Gasteiger partial charge is 0.378 e. The van der Waals surface area contributed by atoms with Crippen LogP contribution in [0.2, 0.25) is 0 Å². The molecule has 78 valence electrons. The average Bonchev–Trinajstić information content (AvgIpc) is 2.77. The zero-order chi connectivity index (χ0) is 10.1. The van der Waals surface area contributed by atoms with E-state index in [2.05, 4.69) is 21.4 Å². The number of rotatable bonds is 1. The highest BCUT2D eigenvalue weighted by Gasteiger charge is 2.15. The minimum Gasteiger partial charge on any atom is -0.378 e. The molecule has 1 aliphatic rings. The molecule has 4 heteroatoms. The van der Waals surface area contributed by atoms with E-state index in [0.29, 0.717) is 0 Å². The van der Waals surface area contributed by atoms with E-state index in [1.807, 2.05) is 18.5 Å². The molecule has 3 rings (SSSR count). The smallest absolute Gasteiger partial charge is 0.0878 e. The van der Waals surface area contributed by atoms with E-state index >= 15 is 0 Å². The number of nitrogens with zero attached hydrogens (tertiary/aromatic N) is 1. The quantitative estimate of drug-likeness (QED) is 0.732. The maximum atomic E-state index is 5.43. The molecule has 0 saturated carbocycles. The van der Waals surface area contributed by atoms with E-state index in [0.717, 1.165) is 30.8 Å². The summed E-state index contributed by atoms with van der Waals surface area (Å²) in [7, 11) is 0. The van der Waals surface area contributed by atoms with E-state index in [4.69, 9.17) is 4.74 Å². The predicted octanol–water partition coefficient (Wildman–Crippen LogP) is 1.22. The first-order chi connectivity index (χ1) is 7.43. The molecule has 0 bridgehead atoms. The molecule has 1 atom stereocenters. The monoisotopic (exact) mass is 203 g/mol. The van der Waals surface area contributed by atoms with E-state index in [1.54, 1.807) is 0 Å². The van der Waals surface area contributed by atoms with Gasteiger partial charge in [-0.1, -0.05) is 0 Å². The Morgan fingerprint density at radius 2 is 2.47 bits per heavy atom. The van der Waals surface area contributed by atoms with Crippen LogP contribution in [-0.4, -0.2) is 29.7 Å². The fraction of sp³-hybridized carbons (Fsp3) is 0.364. The van der Waals surface area contributed by atoms with Crippen molar-refractivity contribution in [3.05, 3.63) is 30.1 Å². The second-order valence-corrected chi connectivity index (χ2v) is 3.76. The van der Waals surface area contributed by atoms with Crippen molar-refractivity contribution in [2.24, 2.45) is 0 Å². The van der Waals surface area contributed by atoms with Gasteiger partial charge in [-0.15, -0.1) is 0 Å². The molecule has 0 radical (unpaired) electrons. The first-order valence-corrected chi connectivity index (χ1v) is 5.18. The highest BCUT2D eigenvalue weighted by atomic mass is 16.5. The maximum Gasteiger partial charge on any atom is 0.0878 e. The van der Waals surface area contributed by atoms with Crippen LogP contribution in [0, 0.1) is 0 Å². The number of morpholine rings is 1. The summed E-state index contributed by atoms with van der Waals surface area (Å²) in [5.41, 5.74) is 3.28. The van der Waals surface area contributed by atoms with Crippen LogP contribution in [0.4, 0.5) is 0 Å². The minimum absolute atomic E-state index is 0.277. The van der Waals surface area contributed by atoms with Gasteiger partial charge in [0, 0.05) is 18.9 Å². The molecule has 4 nitrogen and oxygen atoms in total. The Balaban J connectivity index is 1.95. The highest BCUT2D eigenvalue weighted by molar-refractivity contribution is 5.75. The van der Waals surface area contributed by atoms with Gasteiger partial charge in [-0.05, 0) is 17.7 Å². The van der Waals surface area contributed by atoms with E-state index in [-0.39, 0.29) is 6.04 Å². The number of H-pyrrole nitrogens is 1. The van der Waals surface area contributed by atoms with Gasteiger partial charge in [0.2, 0.25) is 0 Å². The lowest BCUT2D eigenvalue weighted by molar-refractivity contribution is 0.0768. The second kappa shape index (κ2) is 3.64. The summed E-state index contributed by atoms with van der Waals surface area (Å²) in [4.78, 5) is 7.56. The van der Waals surface area contributed by atoms with E-state index in [1.165, 1.54) is 5.56 Å². The second-order valence-electron chi connectivity index (χ2n) is 3.76. The van der Waals surface area contributed by atoms with Crippen molar-refractivity contribution >= 4 is 11.0 Å². The van der Waals surface area contributed by atoms with Gasteiger partial charge in [-0.25, -0.2) is 0 Å². The van der Waals surface area contributed by atoms with Crippen molar-refractivity contribution in [3.63, 3.8) is 0 Å². The normalized spacial score (nSPS) is 22.0. The molecule has 2 N–H and O–H groups in total. The molecule has 1 aliphatic heterocycles. The lowest BCUT2D eigenvalue weighted by Gasteiger charge is -2.23. The number of hydrogen-bond acceptors (Lipinski definition) is 3. The van der Waals surface area contributed by atoms with Gasteiger partial charge in [0.05, 0.1) is 30.3 Å². The van der Waals surface area contributed by atoms with Gasteiger partial charge in [-0.2, -0.15) is 0 Å². The lowest BCUT2D eigenvalue weighted by atomic mass is 10.1. The molecule has 2 aromatic heterocycles. The summed E-state index contributed by atoms with van der Waals surface area (Å²) < 4.78 is 5.43. The summed E-state index contributed by atoms with van der Waals surface area (Å²) in [6.07, 6.45) is 3.83. The molecule has 15 heavy (non-hydrogen) atoms. The third kappa shape index (κ3) is 1.62. The number of aromatic nitrogens is 2. The van der Waals surface area contributed by atoms with Gasteiger partial charge >= 0.3 is 0 Å². The van der Waals surface area contributed by atoms with Crippen molar-refractivity contribution in [2.45, 2.75) is 6.04 Å². The molecule has 0 spiro atoms. The molecule has 1 saturated heterocycles. The van der Waals surface area contributed by atoms with Crippen LogP contribution in [0.25, 0.3) is 11.0 Å². The Kier molecular flexibility index (Phi) is 2.16. The zero-order valence-electron chi connectivity index (χ0n) is 8.36. The minimum atomic E-state index is 0.277. The molecule has 2 aromatic rings. The number of pyridine rings is 1. The third-order valence-electron chi connectivity index (χ3n) is 2.74. The van der Waals surface area contributed by atoms with Crippen LogP contribution in [0.15, 0.2) is 24.5 Å². The third-order valence-corrected chi connectivity index (χ3v) is 2.74. The van der Waals surface area contributed by atoms with Crippen molar-refractivity contribution in [2.75, 3.05) is 19.8 Å². The van der Waals surface area contributed by atoms with Crippen molar-refractivity contribution in [3.8, 4) is 0 Å². The van der Waals surface area contributed by atoms with Crippen LogP contribution in [0.5, 0.6) is 0 Å². The van der Waals surface area contributed by atoms with Gasteiger partial charge in [0.1, 0.15) is 0 Å². The first-order valence-electron chi connectivity index (χ1n) is 5.18. The summed E-state index contributed by atoms with van der Waals surface area (Å²) in [5, 5.41) is 3.41. The number of aromatic amines is 1. The van der Waals surface area contributed by atoms with Crippen LogP contribution in [-0.2, 0) is 4.74 Å². The lowest BCUT2D eigenvalue weighted by Crippen LogP contribution is -2.34. The van der Waals surface area contributed by atoms with Gasteiger partial charge in [-0.3, -0.25) is 4.98 Å². The van der Waals surface area contributed by atoms with Crippen molar-refractivity contribution in [1.82, 2.24) is 15.3 Å². The predicted molar refractivity (Wildman–Crippen MR) is 57.7 cm³/mol. The standard InChI is InChI=1S/C11H13N3O/c1-2-12-10-5-8(6-14-9(1)10)11-7-15-4-3-13-11/h1-2,5-6,11-13H,3-4,7H2/t11-/m0/s1. The summed E-state index contributed by atoms with van der Waals surface area (Å²) in [6, 6.07) is 4.39. The highest BCUT2D eigenvalue weighted by Crippen LogP contribution is 2.18. The number of hydrogen-bond donors (Lipinski definition) is 2. The fourth-order valence-corrected chi connectivity index (χ4v) is 1.92. The SMILES string of the molecule is c1cc2ncc([C@@H]3COCCN3)cc2[nH]1. The number of fused-ring (bicyclic) bond motifs is 1. The number of nitrogens with one attached hydrogen (secondary N) is 2. The Morgan fingerprint density at radius 1 is 1.47 bits per heavy atom. The van der Waals surface area contributed by atoms with Crippen LogP contribution in [0.1, 0.15) is 11.6 Å². The van der Waals surface area contributed by atoms with E-state index < -0.39 is 0 Å². The molecule has 0 aromatic carbocycles. The van der Waals surface area contributed by atoms with Crippen LogP contribution >= 0.6 is 0 Å². The van der Waals surface area contributed by atoms with Crippen molar-refractivity contribution < 1.29 is 4.74 Å². The summed E-state index contributed by atoms with van der Waals surface area (Å²) >= 11 is 0. The Morgan fingerprint density at radius 3 is 3.33 bits per heavy atom. The molecule has 0 unspecified atom stereocenters. The van der Waals surface area contributed by atoms with E-state index in [9.17, 15) is 0 Å².